The smallest absolute Gasteiger partial charge is 0.330 e. The summed E-state index contributed by atoms with van der Waals surface area (Å²) in [5.41, 5.74) is 1.40. The number of nitrogens with one attached hydrogen (secondary N) is 3. The Kier molecular flexibility index (Phi) is 6.11. The van der Waals surface area contributed by atoms with Crippen LogP contribution in [0.4, 0.5) is 16.2 Å². The standard InChI is InChI=1S/C18H22N4O4/c1-4-5-10-22-17(25)15(16(24)21-18(22)26)11(2)19-13-6-8-14(9-7-13)20-12(3)23/h6-9,15,19H,2,4-5,10H2,1,3H3,(H,20,23)(H,21,24,26)/t15-/m0/s1. The molecule has 8 heteroatoms. The third kappa shape index (κ3) is 4.47. The number of carbonyl (C=O) groups excluding carboxylic acids is 4. The van der Waals surface area contributed by atoms with Crippen LogP contribution < -0.4 is 16.0 Å². The first-order chi connectivity index (χ1) is 12.3. The quantitative estimate of drug-likeness (QED) is 0.647. The third-order valence-corrected chi connectivity index (χ3v) is 3.84. The lowest BCUT2D eigenvalue weighted by Gasteiger charge is -2.31. The SMILES string of the molecule is C=C(Nc1ccc(NC(C)=O)cc1)[C@H]1C(=O)NC(=O)N(CCCC)C1=O. The van der Waals surface area contributed by atoms with Gasteiger partial charge in [0.2, 0.25) is 17.7 Å². The number of imide groups is 2. The van der Waals surface area contributed by atoms with E-state index in [0.717, 1.165) is 11.3 Å². The first-order valence-electron chi connectivity index (χ1n) is 8.33. The van der Waals surface area contributed by atoms with Gasteiger partial charge in [-0.2, -0.15) is 0 Å². The van der Waals surface area contributed by atoms with E-state index in [2.05, 4.69) is 22.5 Å². The molecular weight excluding hydrogens is 336 g/mol. The zero-order valence-electron chi connectivity index (χ0n) is 14.8. The molecule has 3 N–H and O–H groups in total. The number of benzene rings is 1. The molecule has 0 saturated carbocycles. The number of barbiturate groups is 1. The molecule has 0 bridgehead atoms. The monoisotopic (exact) mass is 358 g/mol. The molecule has 1 heterocycles. The van der Waals surface area contributed by atoms with E-state index in [4.69, 9.17) is 0 Å². The molecular formula is C18H22N4O4. The van der Waals surface area contributed by atoms with Crippen molar-refractivity contribution in [3.63, 3.8) is 0 Å². The number of carbonyl (C=O) groups is 4. The predicted octanol–water partition coefficient (Wildman–Crippen LogP) is 2.07. The summed E-state index contributed by atoms with van der Waals surface area (Å²) >= 11 is 0. The van der Waals surface area contributed by atoms with Gasteiger partial charge in [-0.25, -0.2) is 4.79 Å². The molecule has 1 aromatic carbocycles. The van der Waals surface area contributed by atoms with Gasteiger partial charge in [-0.1, -0.05) is 19.9 Å². The van der Waals surface area contributed by atoms with Crippen molar-refractivity contribution >= 4 is 35.1 Å². The van der Waals surface area contributed by atoms with Gasteiger partial charge >= 0.3 is 6.03 Å². The van der Waals surface area contributed by atoms with Crippen molar-refractivity contribution in [2.24, 2.45) is 5.92 Å². The molecule has 8 nitrogen and oxygen atoms in total. The van der Waals surface area contributed by atoms with Crippen molar-refractivity contribution in [3.05, 3.63) is 36.5 Å². The molecule has 1 fully saturated rings. The second-order valence-electron chi connectivity index (χ2n) is 5.98. The van der Waals surface area contributed by atoms with Crippen LogP contribution in [0, 0.1) is 5.92 Å². The summed E-state index contributed by atoms with van der Waals surface area (Å²) < 4.78 is 0. The fourth-order valence-corrected chi connectivity index (χ4v) is 2.55. The van der Waals surface area contributed by atoms with Gasteiger partial charge in [-0.15, -0.1) is 0 Å². The van der Waals surface area contributed by atoms with Crippen LogP contribution in [0.15, 0.2) is 36.5 Å². The molecule has 2 rings (SSSR count). The number of hydrogen-bond acceptors (Lipinski definition) is 5. The van der Waals surface area contributed by atoms with E-state index in [1.165, 1.54) is 6.92 Å². The zero-order chi connectivity index (χ0) is 19.3. The van der Waals surface area contributed by atoms with Crippen LogP contribution in [0.3, 0.4) is 0 Å². The van der Waals surface area contributed by atoms with Crippen molar-refractivity contribution in [2.75, 3.05) is 17.2 Å². The lowest BCUT2D eigenvalue weighted by atomic mass is 10.0. The molecule has 0 unspecified atom stereocenters. The average molecular weight is 358 g/mol. The summed E-state index contributed by atoms with van der Waals surface area (Å²) in [5, 5.41) is 7.75. The van der Waals surface area contributed by atoms with Gasteiger partial charge in [0, 0.05) is 30.5 Å². The Morgan fingerprint density at radius 3 is 2.27 bits per heavy atom. The summed E-state index contributed by atoms with van der Waals surface area (Å²) in [6.45, 7) is 7.39. The number of nitrogens with zero attached hydrogens (tertiary/aromatic N) is 1. The lowest BCUT2D eigenvalue weighted by Crippen LogP contribution is -2.58. The third-order valence-electron chi connectivity index (χ3n) is 3.84. The van der Waals surface area contributed by atoms with Gasteiger partial charge < -0.3 is 10.6 Å². The number of unbranched alkanes of at least 4 members (excludes halogenated alkanes) is 1. The van der Waals surface area contributed by atoms with Crippen molar-refractivity contribution in [1.29, 1.82) is 0 Å². The van der Waals surface area contributed by atoms with Gasteiger partial charge in [0.25, 0.3) is 0 Å². The molecule has 0 radical (unpaired) electrons. The van der Waals surface area contributed by atoms with Crippen molar-refractivity contribution in [3.8, 4) is 0 Å². The molecule has 138 valence electrons. The van der Waals surface area contributed by atoms with Crippen LogP contribution in [-0.2, 0) is 14.4 Å². The van der Waals surface area contributed by atoms with E-state index in [0.29, 0.717) is 17.8 Å². The first-order valence-corrected chi connectivity index (χ1v) is 8.33. The van der Waals surface area contributed by atoms with Crippen LogP contribution in [0.1, 0.15) is 26.7 Å². The minimum absolute atomic E-state index is 0.175. The molecule has 1 saturated heterocycles. The minimum atomic E-state index is -1.18. The molecule has 0 aromatic heterocycles. The van der Waals surface area contributed by atoms with Crippen molar-refractivity contribution < 1.29 is 19.2 Å². The Bertz CT molecular complexity index is 742. The van der Waals surface area contributed by atoms with E-state index < -0.39 is 23.8 Å². The Labute approximate surface area is 151 Å². The minimum Gasteiger partial charge on any atom is -0.358 e. The van der Waals surface area contributed by atoms with Gasteiger partial charge in [0.05, 0.1) is 0 Å². The topological polar surface area (TPSA) is 108 Å². The number of amides is 5. The highest BCUT2D eigenvalue weighted by molar-refractivity contribution is 6.17. The average Bonchev–Trinajstić information content (AvgIpc) is 2.55. The highest BCUT2D eigenvalue weighted by Gasteiger charge is 2.41. The maximum Gasteiger partial charge on any atom is 0.330 e. The lowest BCUT2D eigenvalue weighted by molar-refractivity contribution is -0.140. The molecule has 1 aromatic rings. The predicted molar refractivity (Wildman–Crippen MR) is 97.2 cm³/mol. The highest BCUT2D eigenvalue weighted by atomic mass is 16.2. The van der Waals surface area contributed by atoms with E-state index in [1.54, 1.807) is 24.3 Å². The number of anilines is 2. The van der Waals surface area contributed by atoms with Crippen LogP contribution in [0.5, 0.6) is 0 Å². The van der Waals surface area contributed by atoms with Crippen LogP contribution in [-0.4, -0.2) is 35.2 Å². The second-order valence-corrected chi connectivity index (χ2v) is 5.98. The molecule has 0 aliphatic carbocycles. The van der Waals surface area contributed by atoms with Gasteiger partial charge in [-0.3, -0.25) is 24.6 Å². The van der Waals surface area contributed by atoms with Crippen LogP contribution >= 0.6 is 0 Å². The fourth-order valence-electron chi connectivity index (χ4n) is 2.55. The van der Waals surface area contributed by atoms with Gasteiger partial charge in [-0.05, 0) is 30.7 Å². The Morgan fingerprint density at radius 1 is 1.15 bits per heavy atom. The number of hydrogen-bond donors (Lipinski definition) is 3. The van der Waals surface area contributed by atoms with E-state index >= 15 is 0 Å². The van der Waals surface area contributed by atoms with Crippen molar-refractivity contribution in [1.82, 2.24) is 10.2 Å². The number of rotatable bonds is 7. The van der Waals surface area contributed by atoms with E-state index in [-0.39, 0.29) is 18.1 Å². The molecule has 5 amide bonds. The maximum atomic E-state index is 12.6. The summed E-state index contributed by atoms with van der Waals surface area (Å²) in [7, 11) is 0. The molecule has 1 atom stereocenters. The molecule has 1 aliphatic rings. The summed E-state index contributed by atoms with van der Waals surface area (Å²) in [6, 6.07) is 6.02. The van der Waals surface area contributed by atoms with Crippen LogP contribution in [0.2, 0.25) is 0 Å². The zero-order valence-corrected chi connectivity index (χ0v) is 14.8. The number of urea groups is 1. The largest absolute Gasteiger partial charge is 0.358 e. The summed E-state index contributed by atoms with van der Waals surface area (Å²) in [6.07, 6.45) is 1.47. The fraction of sp³-hybridized carbons (Fsp3) is 0.333. The Balaban J connectivity index is 2.09. The molecule has 1 aliphatic heterocycles. The Morgan fingerprint density at radius 2 is 1.73 bits per heavy atom. The molecule has 0 spiro atoms. The normalized spacial score (nSPS) is 16.9. The van der Waals surface area contributed by atoms with Gasteiger partial charge in [0.1, 0.15) is 0 Å². The maximum absolute atomic E-state index is 12.6. The second kappa shape index (κ2) is 8.28. The van der Waals surface area contributed by atoms with Crippen molar-refractivity contribution in [2.45, 2.75) is 26.7 Å². The summed E-state index contributed by atoms with van der Waals surface area (Å²) in [5.74, 6) is -2.64. The van der Waals surface area contributed by atoms with E-state index in [9.17, 15) is 19.2 Å². The summed E-state index contributed by atoms with van der Waals surface area (Å²) in [4.78, 5) is 48.6. The van der Waals surface area contributed by atoms with Crippen LogP contribution in [0.25, 0.3) is 0 Å². The Hall–Kier alpha value is -3.16. The van der Waals surface area contributed by atoms with Gasteiger partial charge in [0.15, 0.2) is 5.92 Å². The highest BCUT2D eigenvalue weighted by Crippen LogP contribution is 2.22. The first kappa shape index (κ1) is 19.2. The molecule has 26 heavy (non-hydrogen) atoms. The van der Waals surface area contributed by atoms with E-state index in [1.807, 2.05) is 6.92 Å².